The maximum Gasteiger partial charge on any atom is 0.408 e. The monoisotopic (exact) mass is 532 g/mol. The number of amides is 4. The van der Waals surface area contributed by atoms with E-state index in [1.54, 1.807) is 26.8 Å². The van der Waals surface area contributed by atoms with Crippen molar-refractivity contribution in [3.05, 3.63) is 25.3 Å². The summed E-state index contributed by atoms with van der Waals surface area (Å²) >= 11 is 0. The minimum absolute atomic E-state index is 0.106. The van der Waals surface area contributed by atoms with Crippen LogP contribution in [0.15, 0.2) is 25.3 Å². The van der Waals surface area contributed by atoms with Crippen molar-refractivity contribution >= 4 is 29.6 Å². The van der Waals surface area contributed by atoms with Gasteiger partial charge in [0.1, 0.15) is 17.7 Å². The summed E-state index contributed by atoms with van der Waals surface area (Å²) in [5, 5.41) is 7.86. The zero-order chi connectivity index (χ0) is 29.0. The topological polar surface area (TPSA) is 134 Å². The van der Waals surface area contributed by atoms with Gasteiger partial charge < -0.3 is 25.6 Å². The van der Waals surface area contributed by atoms with Gasteiger partial charge in [-0.2, -0.15) is 0 Å². The highest BCUT2D eigenvalue weighted by Crippen LogP contribution is 2.65. The lowest BCUT2D eigenvalue weighted by Crippen LogP contribution is -2.59. The molecule has 0 aromatic carbocycles. The van der Waals surface area contributed by atoms with E-state index in [0.717, 1.165) is 0 Å². The first-order chi connectivity index (χ1) is 17.6. The number of hydrogen-bond donors (Lipinski definition) is 3. The maximum atomic E-state index is 13.7. The molecule has 2 fully saturated rings. The van der Waals surface area contributed by atoms with E-state index in [0.29, 0.717) is 13.0 Å². The minimum atomic E-state index is -1.07. The number of carbonyl (C=O) groups excluding carboxylic acids is 5. The van der Waals surface area contributed by atoms with Crippen LogP contribution in [-0.2, 0) is 23.9 Å². The second kappa shape index (κ2) is 12.1. The van der Waals surface area contributed by atoms with Gasteiger partial charge in [-0.25, -0.2) is 4.79 Å². The van der Waals surface area contributed by atoms with Crippen LogP contribution in [0.1, 0.15) is 61.3 Å². The molecule has 2 rings (SSSR count). The number of nitrogens with one attached hydrogen (secondary N) is 3. The summed E-state index contributed by atoms with van der Waals surface area (Å²) in [4.78, 5) is 66.5. The molecular weight excluding hydrogens is 488 g/mol. The average molecular weight is 533 g/mol. The Labute approximate surface area is 226 Å². The number of Topliss-reactive ketones (excluding diaryl/α,β-unsaturated/α-hetero) is 1. The normalized spacial score (nSPS) is 22.9. The van der Waals surface area contributed by atoms with Crippen LogP contribution in [0.25, 0.3) is 0 Å². The molecule has 3 N–H and O–H groups in total. The maximum absolute atomic E-state index is 13.7. The zero-order valence-corrected chi connectivity index (χ0v) is 23.8. The minimum Gasteiger partial charge on any atom is -0.444 e. The van der Waals surface area contributed by atoms with Crippen molar-refractivity contribution < 1.29 is 28.7 Å². The van der Waals surface area contributed by atoms with Crippen molar-refractivity contribution in [3.63, 3.8) is 0 Å². The van der Waals surface area contributed by atoms with Crippen LogP contribution in [0.2, 0.25) is 0 Å². The van der Waals surface area contributed by atoms with Crippen molar-refractivity contribution in [3.8, 4) is 0 Å². The fourth-order valence-corrected chi connectivity index (χ4v) is 5.16. The molecule has 1 heterocycles. The third-order valence-corrected chi connectivity index (χ3v) is 7.29. The number of likely N-dealkylation sites (tertiary alicyclic amines) is 1. The molecule has 1 aliphatic heterocycles. The lowest BCUT2D eigenvalue weighted by molar-refractivity contribution is -0.144. The predicted octanol–water partition coefficient (Wildman–Crippen LogP) is 2.34. The molecule has 38 heavy (non-hydrogen) atoms. The van der Waals surface area contributed by atoms with Crippen LogP contribution < -0.4 is 16.0 Å². The van der Waals surface area contributed by atoms with Gasteiger partial charge in [-0.1, -0.05) is 39.8 Å². The Morgan fingerprint density at radius 1 is 1.08 bits per heavy atom. The highest BCUT2D eigenvalue weighted by Gasteiger charge is 2.69. The number of nitrogens with zero attached hydrogens (tertiary/aromatic N) is 1. The van der Waals surface area contributed by atoms with E-state index in [9.17, 15) is 24.0 Å². The molecule has 1 saturated heterocycles. The van der Waals surface area contributed by atoms with Gasteiger partial charge >= 0.3 is 6.09 Å². The quantitative estimate of drug-likeness (QED) is 0.261. The number of ketones is 1. The van der Waals surface area contributed by atoms with Crippen LogP contribution in [0, 0.1) is 23.2 Å². The van der Waals surface area contributed by atoms with Gasteiger partial charge in [-0.15, -0.1) is 13.2 Å². The SMILES string of the molecule is C=CCCC(NC(=O)[C@@H]1C2C(CN1C(=O)[C@@H](NC(=O)OC(C)(C)C)C(C)C)C2(C)C)C(=O)C(=O)NCC=C. The molecule has 3 unspecified atom stereocenters. The fourth-order valence-electron chi connectivity index (χ4n) is 5.16. The van der Waals surface area contributed by atoms with Crippen LogP contribution in [0.5, 0.6) is 0 Å². The Kier molecular flexibility index (Phi) is 9.91. The summed E-state index contributed by atoms with van der Waals surface area (Å²) < 4.78 is 5.35. The summed E-state index contributed by atoms with van der Waals surface area (Å²) in [6.07, 6.45) is 2.95. The number of alkyl carbamates (subject to hydrolysis) is 1. The molecule has 0 aromatic rings. The number of carbonyl (C=O) groups is 5. The van der Waals surface area contributed by atoms with Crippen LogP contribution in [0.3, 0.4) is 0 Å². The van der Waals surface area contributed by atoms with Crippen molar-refractivity contribution in [2.24, 2.45) is 23.2 Å². The molecular formula is C28H44N4O6. The van der Waals surface area contributed by atoms with Gasteiger partial charge in [0.15, 0.2) is 0 Å². The molecule has 10 heteroatoms. The predicted molar refractivity (Wildman–Crippen MR) is 144 cm³/mol. The second-order valence-electron chi connectivity index (χ2n) is 12.0. The highest BCUT2D eigenvalue weighted by molar-refractivity contribution is 6.38. The van der Waals surface area contributed by atoms with E-state index in [1.165, 1.54) is 11.0 Å². The van der Waals surface area contributed by atoms with Gasteiger partial charge in [0, 0.05) is 13.1 Å². The average Bonchev–Trinajstić information content (AvgIpc) is 3.15. The van der Waals surface area contributed by atoms with Gasteiger partial charge in [-0.3, -0.25) is 19.2 Å². The van der Waals surface area contributed by atoms with Gasteiger partial charge in [0.2, 0.25) is 17.6 Å². The number of fused-ring (bicyclic) bond motifs is 1. The molecule has 212 valence electrons. The Bertz CT molecular complexity index is 967. The summed E-state index contributed by atoms with van der Waals surface area (Å²) in [6, 6.07) is -2.80. The molecule has 0 bridgehead atoms. The molecule has 0 aromatic heterocycles. The molecule has 10 nitrogen and oxygen atoms in total. The first kappa shape index (κ1) is 31.1. The first-order valence-electron chi connectivity index (χ1n) is 13.2. The zero-order valence-electron chi connectivity index (χ0n) is 23.8. The van der Waals surface area contributed by atoms with E-state index in [1.807, 2.05) is 27.7 Å². The molecule has 1 aliphatic carbocycles. The van der Waals surface area contributed by atoms with Crippen LogP contribution in [-0.4, -0.2) is 71.3 Å². The fraction of sp³-hybridized carbons (Fsp3) is 0.679. The Balaban J connectivity index is 2.27. The molecule has 0 radical (unpaired) electrons. The van der Waals surface area contributed by atoms with E-state index in [4.69, 9.17) is 4.74 Å². The number of allylic oxidation sites excluding steroid dienone is 1. The van der Waals surface area contributed by atoms with Crippen molar-refractivity contribution in [2.45, 2.75) is 85.0 Å². The van der Waals surface area contributed by atoms with Gasteiger partial charge in [-0.05, 0) is 56.8 Å². The molecule has 5 atom stereocenters. The van der Waals surface area contributed by atoms with Crippen LogP contribution >= 0.6 is 0 Å². The lowest BCUT2D eigenvalue weighted by atomic mass is 9.96. The van der Waals surface area contributed by atoms with Crippen molar-refractivity contribution in [2.75, 3.05) is 13.1 Å². The Morgan fingerprint density at radius 3 is 2.24 bits per heavy atom. The number of ether oxygens (including phenoxy) is 1. The largest absolute Gasteiger partial charge is 0.444 e. The molecule has 0 spiro atoms. The summed E-state index contributed by atoms with van der Waals surface area (Å²) in [6.45, 7) is 20.6. The smallest absolute Gasteiger partial charge is 0.408 e. The first-order valence-corrected chi connectivity index (χ1v) is 13.2. The van der Waals surface area contributed by atoms with Gasteiger partial charge in [0.25, 0.3) is 5.91 Å². The highest BCUT2D eigenvalue weighted by atomic mass is 16.6. The van der Waals surface area contributed by atoms with E-state index in [2.05, 4.69) is 29.1 Å². The van der Waals surface area contributed by atoms with Gasteiger partial charge in [0.05, 0.1) is 6.04 Å². The number of piperidine rings is 1. The third kappa shape index (κ3) is 7.23. The lowest BCUT2D eigenvalue weighted by Gasteiger charge is -2.35. The molecule has 1 saturated carbocycles. The van der Waals surface area contributed by atoms with E-state index in [-0.39, 0.29) is 42.0 Å². The van der Waals surface area contributed by atoms with E-state index < -0.39 is 47.4 Å². The van der Waals surface area contributed by atoms with Crippen LogP contribution in [0.4, 0.5) is 4.79 Å². The third-order valence-electron chi connectivity index (χ3n) is 7.29. The van der Waals surface area contributed by atoms with E-state index >= 15 is 0 Å². The Hall–Kier alpha value is -3.17. The van der Waals surface area contributed by atoms with Crippen molar-refractivity contribution in [1.29, 1.82) is 0 Å². The van der Waals surface area contributed by atoms with Crippen molar-refractivity contribution in [1.82, 2.24) is 20.9 Å². The molecule has 2 aliphatic rings. The summed E-state index contributed by atoms with van der Waals surface area (Å²) in [7, 11) is 0. The number of hydrogen-bond acceptors (Lipinski definition) is 6. The number of rotatable bonds is 12. The summed E-state index contributed by atoms with van der Waals surface area (Å²) in [5.41, 5.74) is -0.895. The summed E-state index contributed by atoms with van der Waals surface area (Å²) in [5.74, 6) is -2.72. The Morgan fingerprint density at radius 2 is 1.71 bits per heavy atom. The second-order valence-corrected chi connectivity index (χ2v) is 12.0. The molecule has 4 amide bonds. The standard InChI is InChI=1S/C28H44N4O6/c1-10-12-13-18(22(33)24(35)29-14-11-2)30-23(34)21-19-17(28(19,8)9)15-32(21)25(36)20(16(3)4)31-26(37)38-27(5,6)7/h10-11,16-21H,1-2,12-15H2,3-9H3,(H,29,35)(H,30,34)(H,31,37)/t17?,18?,19?,20-,21-/m0/s1.